The largest absolute Gasteiger partial charge is 0.504 e. The second-order valence-corrected chi connectivity index (χ2v) is 5.64. The highest BCUT2D eigenvalue weighted by Gasteiger charge is 2.17. The number of phenolic OH excluding ortho intramolecular Hbond substituents is 1. The summed E-state index contributed by atoms with van der Waals surface area (Å²) in [4.78, 5) is 0. The van der Waals surface area contributed by atoms with E-state index in [-0.39, 0.29) is 6.10 Å². The highest BCUT2D eigenvalue weighted by Crippen LogP contribution is 2.35. The molecule has 0 spiro atoms. The first-order valence-corrected chi connectivity index (χ1v) is 7.14. The van der Waals surface area contributed by atoms with E-state index in [2.05, 4.69) is 0 Å². The maximum atomic E-state index is 10.2. The van der Waals surface area contributed by atoms with Gasteiger partial charge in [0.1, 0.15) is 0 Å². The van der Waals surface area contributed by atoms with Gasteiger partial charge in [0.2, 0.25) is 0 Å². The van der Waals surface area contributed by atoms with Crippen LogP contribution in [0.4, 0.5) is 0 Å². The zero-order valence-corrected chi connectivity index (χ0v) is 11.5. The molecule has 1 aliphatic carbocycles. The van der Waals surface area contributed by atoms with Crippen molar-refractivity contribution in [3.05, 3.63) is 23.8 Å². The summed E-state index contributed by atoms with van der Waals surface area (Å²) in [6, 6.07) is 5.85. The second-order valence-electron chi connectivity index (χ2n) is 5.64. The van der Waals surface area contributed by atoms with Crippen LogP contribution >= 0.6 is 0 Å². The summed E-state index contributed by atoms with van der Waals surface area (Å²) in [7, 11) is 0. The zero-order valence-electron chi connectivity index (χ0n) is 11.5. The molecular weight excluding hydrogens is 224 g/mol. The normalized spacial score (nSPS) is 17.1. The molecule has 1 aromatic rings. The average molecular weight is 248 g/mol. The Morgan fingerprint density at radius 3 is 2.61 bits per heavy atom. The van der Waals surface area contributed by atoms with Crippen LogP contribution in [0.15, 0.2) is 18.2 Å². The van der Waals surface area contributed by atoms with E-state index in [4.69, 9.17) is 4.74 Å². The monoisotopic (exact) mass is 248 g/mol. The number of hydrogen-bond donors (Lipinski definition) is 1. The van der Waals surface area contributed by atoms with E-state index >= 15 is 0 Å². The topological polar surface area (TPSA) is 29.5 Å². The van der Waals surface area contributed by atoms with E-state index in [1.807, 2.05) is 32.0 Å². The van der Waals surface area contributed by atoms with Gasteiger partial charge in [0.25, 0.3) is 0 Å². The fraction of sp³-hybridized carbons (Fsp3) is 0.625. The maximum absolute atomic E-state index is 10.2. The van der Waals surface area contributed by atoms with Gasteiger partial charge in [0.05, 0.1) is 6.10 Å². The van der Waals surface area contributed by atoms with Gasteiger partial charge in [-0.15, -0.1) is 0 Å². The number of ether oxygens (including phenoxy) is 1. The first-order chi connectivity index (χ1) is 8.66. The van der Waals surface area contributed by atoms with E-state index in [1.54, 1.807) is 0 Å². The summed E-state index contributed by atoms with van der Waals surface area (Å²) in [6.07, 6.45) is 7.74. The van der Waals surface area contributed by atoms with Crippen molar-refractivity contribution in [1.29, 1.82) is 0 Å². The quantitative estimate of drug-likeness (QED) is 0.860. The molecule has 2 rings (SSSR count). The van der Waals surface area contributed by atoms with Crippen LogP contribution in [0.25, 0.3) is 0 Å². The van der Waals surface area contributed by atoms with Gasteiger partial charge in [-0.2, -0.15) is 0 Å². The number of hydrogen-bond acceptors (Lipinski definition) is 2. The first kappa shape index (κ1) is 13.3. The molecule has 18 heavy (non-hydrogen) atoms. The van der Waals surface area contributed by atoms with E-state index < -0.39 is 0 Å². The number of para-hydroxylation sites is 1. The van der Waals surface area contributed by atoms with Gasteiger partial charge >= 0.3 is 0 Å². The van der Waals surface area contributed by atoms with Gasteiger partial charge in [-0.1, -0.05) is 44.2 Å². The Hall–Kier alpha value is -1.18. The highest BCUT2D eigenvalue weighted by atomic mass is 16.5. The molecule has 100 valence electrons. The summed E-state index contributed by atoms with van der Waals surface area (Å²) in [5.41, 5.74) is 1.04. The van der Waals surface area contributed by atoms with Crippen LogP contribution in [0.1, 0.15) is 51.5 Å². The van der Waals surface area contributed by atoms with Crippen molar-refractivity contribution in [3.63, 3.8) is 0 Å². The summed E-state index contributed by atoms with van der Waals surface area (Å²) in [5.74, 6) is 1.70. The lowest BCUT2D eigenvalue weighted by atomic mass is 9.84. The Labute approximate surface area is 110 Å². The Bertz CT molecular complexity index is 379. The smallest absolute Gasteiger partial charge is 0.161 e. The highest BCUT2D eigenvalue weighted by molar-refractivity contribution is 5.45. The predicted octanol–water partition coefficient (Wildman–Crippen LogP) is 4.30. The molecule has 1 aliphatic rings. The number of aromatic hydroxyl groups is 1. The number of phenols is 1. The summed E-state index contributed by atoms with van der Waals surface area (Å²) >= 11 is 0. The zero-order chi connectivity index (χ0) is 13.0. The molecule has 0 radical (unpaired) electrons. The lowest BCUT2D eigenvalue weighted by Crippen LogP contribution is -2.10. The number of benzene rings is 1. The summed E-state index contributed by atoms with van der Waals surface area (Å²) in [5, 5.41) is 10.2. The minimum atomic E-state index is 0.0980. The molecule has 0 atom stereocenters. The SMILES string of the molecule is CC(C)Oc1cccc(CC2CCCCC2)c1O. The van der Waals surface area contributed by atoms with Crippen LogP contribution in [-0.2, 0) is 6.42 Å². The van der Waals surface area contributed by atoms with E-state index in [9.17, 15) is 5.11 Å². The van der Waals surface area contributed by atoms with Gasteiger partial charge in [0.15, 0.2) is 11.5 Å². The molecule has 1 fully saturated rings. The third kappa shape index (κ3) is 3.41. The standard InChI is InChI=1S/C16H24O2/c1-12(2)18-15-10-6-9-14(16(15)17)11-13-7-4-3-5-8-13/h6,9-10,12-13,17H,3-5,7-8,11H2,1-2H3. The van der Waals surface area contributed by atoms with Crippen LogP contribution in [0.2, 0.25) is 0 Å². The molecule has 0 heterocycles. The van der Waals surface area contributed by atoms with Crippen LogP contribution in [-0.4, -0.2) is 11.2 Å². The van der Waals surface area contributed by atoms with Crippen LogP contribution in [0, 0.1) is 5.92 Å². The minimum Gasteiger partial charge on any atom is -0.504 e. The van der Waals surface area contributed by atoms with Crippen molar-refractivity contribution >= 4 is 0 Å². The fourth-order valence-corrected chi connectivity index (χ4v) is 2.78. The van der Waals surface area contributed by atoms with Crippen molar-refractivity contribution in [1.82, 2.24) is 0 Å². The molecule has 1 N–H and O–H groups in total. The van der Waals surface area contributed by atoms with Crippen molar-refractivity contribution in [2.45, 2.75) is 58.5 Å². The van der Waals surface area contributed by atoms with E-state index in [1.165, 1.54) is 32.1 Å². The molecule has 2 heteroatoms. The molecule has 2 nitrogen and oxygen atoms in total. The van der Waals surface area contributed by atoms with Crippen LogP contribution < -0.4 is 4.74 Å². The molecule has 0 amide bonds. The number of rotatable bonds is 4. The van der Waals surface area contributed by atoms with Crippen molar-refractivity contribution in [2.75, 3.05) is 0 Å². The third-order valence-electron chi connectivity index (χ3n) is 3.68. The molecule has 1 aromatic carbocycles. The minimum absolute atomic E-state index is 0.0980. The lowest BCUT2D eigenvalue weighted by molar-refractivity contribution is 0.230. The van der Waals surface area contributed by atoms with Crippen molar-refractivity contribution in [2.24, 2.45) is 5.92 Å². The van der Waals surface area contributed by atoms with Gasteiger partial charge in [-0.25, -0.2) is 0 Å². The van der Waals surface area contributed by atoms with Gasteiger partial charge < -0.3 is 9.84 Å². The fourth-order valence-electron chi connectivity index (χ4n) is 2.78. The maximum Gasteiger partial charge on any atom is 0.161 e. The Morgan fingerprint density at radius 2 is 1.94 bits per heavy atom. The first-order valence-electron chi connectivity index (χ1n) is 7.14. The summed E-state index contributed by atoms with van der Waals surface area (Å²) < 4.78 is 5.62. The molecule has 0 saturated heterocycles. The predicted molar refractivity (Wildman–Crippen MR) is 74.1 cm³/mol. The molecule has 1 saturated carbocycles. The summed E-state index contributed by atoms with van der Waals surface area (Å²) in [6.45, 7) is 3.96. The van der Waals surface area contributed by atoms with Crippen LogP contribution in [0.5, 0.6) is 11.5 Å². The van der Waals surface area contributed by atoms with E-state index in [0.717, 1.165) is 17.9 Å². The third-order valence-corrected chi connectivity index (χ3v) is 3.68. The van der Waals surface area contributed by atoms with Gasteiger partial charge in [-0.3, -0.25) is 0 Å². The average Bonchev–Trinajstić information content (AvgIpc) is 2.35. The molecular formula is C16H24O2. The molecule has 0 bridgehead atoms. The molecule has 0 unspecified atom stereocenters. The molecule has 0 aliphatic heterocycles. The lowest BCUT2D eigenvalue weighted by Gasteiger charge is -2.22. The Morgan fingerprint density at radius 1 is 1.22 bits per heavy atom. The van der Waals surface area contributed by atoms with Crippen LogP contribution in [0.3, 0.4) is 0 Å². The Balaban J connectivity index is 2.07. The van der Waals surface area contributed by atoms with E-state index in [0.29, 0.717) is 11.5 Å². The second kappa shape index (κ2) is 6.12. The van der Waals surface area contributed by atoms with Crippen molar-refractivity contribution in [3.8, 4) is 11.5 Å². The van der Waals surface area contributed by atoms with Crippen molar-refractivity contribution < 1.29 is 9.84 Å². The van der Waals surface area contributed by atoms with Gasteiger partial charge in [-0.05, 0) is 37.8 Å². The molecule has 0 aromatic heterocycles. The van der Waals surface area contributed by atoms with Gasteiger partial charge in [0, 0.05) is 0 Å². The Kier molecular flexibility index (Phi) is 4.51.